The van der Waals surface area contributed by atoms with Crippen LogP contribution in [-0.4, -0.2) is 44.2 Å². The number of halogens is 3. The number of rotatable bonds is 4. The summed E-state index contributed by atoms with van der Waals surface area (Å²) in [4.78, 5) is 16.9. The number of nitrogens with one attached hydrogen (secondary N) is 2. The lowest BCUT2D eigenvalue weighted by Crippen LogP contribution is -2.38. The molecule has 1 aliphatic heterocycles. The van der Waals surface area contributed by atoms with Gasteiger partial charge in [-0.2, -0.15) is 18.2 Å². The Morgan fingerprint density at radius 3 is 2.78 bits per heavy atom. The number of piperidine rings is 1. The van der Waals surface area contributed by atoms with Gasteiger partial charge in [-0.1, -0.05) is 17.3 Å². The summed E-state index contributed by atoms with van der Waals surface area (Å²) >= 11 is 0. The molecule has 0 aromatic carbocycles. The van der Waals surface area contributed by atoms with Crippen molar-refractivity contribution in [1.82, 2.24) is 30.4 Å². The van der Waals surface area contributed by atoms with Crippen LogP contribution in [0.4, 0.5) is 19.1 Å². The number of alkyl halides is 3. The number of aryl methyl sites for hydroxylation is 1. The van der Waals surface area contributed by atoms with Gasteiger partial charge in [-0.15, -0.1) is 0 Å². The number of anilines is 1. The highest BCUT2D eigenvalue weighted by atomic mass is 19.4. The number of allylic oxidation sites excluding steroid dienone is 1. The van der Waals surface area contributed by atoms with E-state index < -0.39 is 11.7 Å². The van der Waals surface area contributed by atoms with Crippen LogP contribution >= 0.6 is 0 Å². The summed E-state index contributed by atoms with van der Waals surface area (Å²) in [7, 11) is 0. The number of fused-ring (bicyclic) bond motifs is 1. The fourth-order valence-electron chi connectivity index (χ4n) is 3.98. The molecular formula is C21H20F3N7O. The normalized spacial score (nSPS) is 18.4. The van der Waals surface area contributed by atoms with Crippen LogP contribution < -0.4 is 10.6 Å². The zero-order chi connectivity index (χ0) is 22.3. The third kappa shape index (κ3) is 3.95. The Labute approximate surface area is 181 Å². The van der Waals surface area contributed by atoms with Crippen molar-refractivity contribution in [2.75, 3.05) is 18.4 Å². The summed E-state index contributed by atoms with van der Waals surface area (Å²) in [5.41, 5.74) is 1.07. The molecule has 166 valence electrons. The largest absolute Gasteiger partial charge is 0.419 e. The number of aromatic nitrogens is 5. The van der Waals surface area contributed by atoms with Crippen molar-refractivity contribution in [3.05, 3.63) is 52.7 Å². The van der Waals surface area contributed by atoms with Crippen molar-refractivity contribution in [3.8, 4) is 11.6 Å². The average molecular weight is 443 g/mol. The van der Waals surface area contributed by atoms with Gasteiger partial charge in [-0.25, -0.2) is 15.0 Å². The summed E-state index contributed by atoms with van der Waals surface area (Å²) in [6.45, 7) is 3.34. The van der Waals surface area contributed by atoms with Gasteiger partial charge in [-0.3, -0.25) is 0 Å². The first-order valence-corrected chi connectivity index (χ1v) is 10.3. The van der Waals surface area contributed by atoms with Gasteiger partial charge in [0.1, 0.15) is 11.3 Å². The molecule has 0 unspecified atom stereocenters. The van der Waals surface area contributed by atoms with E-state index in [-0.39, 0.29) is 23.6 Å². The van der Waals surface area contributed by atoms with E-state index in [2.05, 4.69) is 35.7 Å². The fraction of sp³-hybridized carbons (Fsp3) is 0.381. The summed E-state index contributed by atoms with van der Waals surface area (Å²) in [5, 5.41) is 10.2. The van der Waals surface area contributed by atoms with E-state index in [0.29, 0.717) is 41.3 Å². The van der Waals surface area contributed by atoms with Crippen molar-refractivity contribution >= 4 is 11.5 Å². The Kier molecular flexibility index (Phi) is 5.12. The van der Waals surface area contributed by atoms with Crippen molar-refractivity contribution in [2.45, 2.75) is 38.4 Å². The molecule has 11 heteroatoms. The van der Waals surface area contributed by atoms with E-state index in [1.165, 1.54) is 0 Å². The third-order valence-electron chi connectivity index (χ3n) is 5.49. The molecule has 1 fully saturated rings. The maximum absolute atomic E-state index is 13.8. The van der Waals surface area contributed by atoms with Gasteiger partial charge in [0.2, 0.25) is 5.95 Å². The highest BCUT2D eigenvalue weighted by molar-refractivity contribution is 5.84. The minimum absolute atomic E-state index is 0.0697. The van der Waals surface area contributed by atoms with Crippen LogP contribution in [0, 0.1) is 6.92 Å². The van der Waals surface area contributed by atoms with Crippen molar-refractivity contribution in [2.24, 2.45) is 0 Å². The van der Waals surface area contributed by atoms with Crippen molar-refractivity contribution < 1.29 is 17.7 Å². The summed E-state index contributed by atoms with van der Waals surface area (Å²) in [5.74, 6) is 0.927. The van der Waals surface area contributed by atoms with E-state index in [0.717, 1.165) is 25.6 Å². The van der Waals surface area contributed by atoms with Crippen LogP contribution in [-0.2, 0) is 12.6 Å². The monoisotopic (exact) mass is 443 g/mol. The highest BCUT2D eigenvalue weighted by Crippen LogP contribution is 2.39. The molecular weight excluding hydrogens is 423 g/mol. The standard InChI is InChI=1S/C21H20F3N7O/c1-11-27-19(32-31-11)17-7-4-13-14(5-6-16(13)29-17)18-15(21(22,23)24)10-26-20(30-18)28-12-3-2-8-25-9-12/h4-5,7,10,12,25H,2-3,6,8-9H2,1H3,(H,26,28,30)/t12-/m0/s1. The smallest absolute Gasteiger partial charge is 0.350 e. The molecule has 0 saturated carbocycles. The Morgan fingerprint density at radius 1 is 1.19 bits per heavy atom. The zero-order valence-corrected chi connectivity index (χ0v) is 17.2. The maximum Gasteiger partial charge on any atom is 0.419 e. The third-order valence-corrected chi connectivity index (χ3v) is 5.49. The van der Waals surface area contributed by atoms with Crippen LogP contribution in [0.1, 0.15) is 41.2 Å². The molecule has 32 heavy (non-hydrogen) atoms. The minimum atomic E-state index is -4.58. The predicted octanol–water partition coefficient (Wildman–Crippen LogP) is 3.40. The van der Waals surface area contributed by atoms with Gasteiger partial charge in [0, 0.05) is 36.3 Å². The number of hydrogen-bond donors (Lipinski definition) is 2. The quantitative estimate of drug-likeness (QED) is 0.633. The summed E-state index contributed by atoms with van der Waals surface area (Å²) in [6, 6.07) is 3.45. The molecule has 2 N–H and O–H groups in total. The second-order valence-electron chi connectivity index (χ2n) is 7.80. The molecule has 8 nitrogen and oxygen atoms in total. The Morgan fingerprint density at radius 2 is 2.06 bits per heavy atom. The number of hydrogen-bond acceptors (Lipinski definition) is 8. The van der Waals surface area contributed by atoms with Crippen molar-refractivity contribution in [3.63, 3.8) is 0 Å². The first-order chi connectivity index (χ1) is 15.4. The molecule has 1 aliphatic carbocycles. The lowest BCUT2D eigenvalue weighted by atomic mass is 10.0. The lowest BCUT2D eigenvalue weighted by molar-refractivity contribution is -0.138. The molecule has 4 heterocycles. The van der Waals surface area contributed by atoms with E-state index in [9.17, 15) is 13.2 Å². The SMILES string of the molecule is Cc1noc(-c2ccc3c(n2)CC=C3c2nc(N[C@H]3CCCNC3)ncc2C(F)(F)F)n1. The molecule has 0 spiro atoms. The van der Waals surface area contributed by atoms with Gasteiger partial charge in [0.15, 0.2) is 5.82 Å². The second-order valence-corrected chi connectivity index (χ2v) is 7.80. The second kappa shape index (κ2) is 7.97. The first kappa shape index (κ1) is 20.6. The van der Waals surface area contributed by atoms with Gasteiger partial charge in [0.05, 0.1) is 11.4 Å². The summed E-state index contributed by atoms with van der Waals surface area (Å²) < 4.78 is 46.5. The van der Waals surface area contributed by atoms with Crippen molar-refractivity contribution in [1.29, 1.82) is 0 Å². The van der Waals surface area contributed by atoms with Gasteiger partial charge in [-0.05, 0) is 32.4 Å². The zero-order valence-electron chi connectivity index (χ0n) is 17.2. The molecule has 0 amide bonds. The van der Waals surface area contributed by atoms with E-state index in [1.54, 1.807) is 25.1 Å². The molecule has 3 aromatic heterocycles. The maximum atomic E-state index is 13.8. The molecule has 5 rings (SSSR count). The fourth-order valence-corrected chi connectivity index (χ4v) is 3.98. The molecule has 1 saturated heterocycles. The van der Waals surface area contributed by atoms with Gasteiger partial charge in [0.25, 0.3) is 5.89 Å². The van der Waals surface area contributed by atoms with Crippen LogP contribution in [0.2, 0.25) is 0 Å². The Hall–Kier alpha value is -3.34. The summed E-state index contributed by atoms with van der Waals surface area (Å²) in [6.07, 6.45) is 0.241. The van der Waals surface area contributed by atoms with E-state index in [1.807, 2.05) is 0 Å². The topological polar surface area (TPSA) is 102 Å². The lowest BCUT2D eigenvalue weighted by Gasteiger charge is -2.24. The van der Waals surface area contributed by atoms with E-state index >= 15 is 0 Å². The first-order valence-electron chi connectivity index (χ1n) is 10.3. The van der Waals surface area contributed by atoms with Crippen LogP contribution in [0.5, 0.6) is 0 Å². The highest BCUT2D eigenvalue weighted by Gasteiger charge is 2.37. The van der Waals surface area contributed by atoms with E-state index in [4.69, 9.17) is 4.52 Å². The van der Waals surface area contributed by atoms with Crippen LogP contribution in [0.3, 0.4) is 0 Å². The van der Waals surface area contributed by atoms with Gasteiger partial charge >= 0.3 is 6.18 Å². The Balaban J connectivity index is 1.50. The average Bonchev–Trinajstić information content (AvgIpc) is 3.39. The molecule has 0 radical (unpaired) electrons. The molecule has 0 bridgehead atoms. The van der Waals surface area contributed by atoms with Crippen LogP contribution in [0.15, 0.2) is 28.9 Å². The molecule has 3 aromatic rings. The number of nitrogens with zero attached hydrogens (tertiary/aromatic N) is 5. The molecule has 1 atom stereocenters. The Bertz CT molecular complexity index is 1180. The minimum Gasteiger partial charge on any atom is -0.350 e. The predicted molar refractivity (Wildman–Crippen MR) is 110 cm³/mol. The number of pyridine rings is 1. The van der Waals surface area contributed by atoms with Crippen LogP contribution in [0.25, 0.3) is 17.2 Å². The molecule has 2 aliphatic rings. The van der Waals surface area contributed by atoms with Gasteiger partial charge < -0.3 is 15.2 Å².